The van der Waals surface area contributed by atoms with E-state index >= 15 is 0 Å². The number of benzene rings is 1. The summed E-state index contributed by atoms with van der Waals surface area (Å²) in [6.07, 6.45) is 0. The molecule has 92 valence electrons. The number of aromatic carboxylic acids is 1. The standard InChI is InChI=1S/C9H10FN3O4/c1-12(2)11-7-3-5(9(14)15)8(13(16)17)4-6(7)10/h3-4,11H,1-2H3,(H,14,15). The molecule has 0 unspecified atom stereocenters. The fraction of sp³-hybridized carbons (Fsp3) is 0.222. The van der Waals surface area contributed by atoms with Gasteiger partial charge in [-0.25, -0.2) is 14.2 Å². The van der Waals surface area contributed by atoms with Crippen LogP contribution >= 0.6 is 0 Å². The van der Waals surface area contributed by atoms with Crippen molar-refractivity contribution in [3.63, 3.8) is 0 Å². The van der Waals surface area contributed by atoms with E-state index in [9.17, 15) is 19.3 Å². The minimum Gasteiger partial charge on any atom is -0.477 e. The molecule has 1 aromatic rings. The topological polar surface area (TPSA) is 95.7 Å². The molecule has 0 saturated heterocycles. The van der Waals surface area contributed by atoms with Crippen molar-refractivity contribution in [1.82, 2.24) is 5.01 Å². The monoisotopic (exact) mass is 243 g/mol. The van der Waals surface area contributed by atoms with Gasteiger partial charge in [-0.2, -0.15) is 0 Å². The van der Waals surface area contributed by atoms with Crippen LogP contribution in [-0.2, 0) is 0 Å². The molecule has 0 aromatic heterocycles. The lowest BCUT2D eigenvalue weighted by atomic mass is 10.1. The lowest BCUT2D eigenvalue weighted by Gasteiger charge is -2.14. The van der Waals surface area contributed by atoms with E-state index in [4.69, 9.17) is 5.11 Å². The van der Waals surface area contributed by atoms with Crippen molar-refractivity contribution in [2.24, 2.45) is 0 Å². The van der Waals surface area contributed by atoms with E-state index in [-0.39, 0.29) is 5.69 Å². The lowest BCUT2D eigenvalue weighted by Crippen LogP contribution is -2.21. The Morgan fingerprint density at radius 1 is 1.53 bits per heavy atom. The number of nitrogens with one attached hydrogen (secondary N) is 1. The minimum absolute atomic E-state index is 0.141. The van der Waals surface area contributed by atoms with Gasteiger partial charge in [0.2, 0.25) is 0 Å². The Hall–Kier alpha value is -2.22. The average Bonchev–Trinajstić information content (AvgIpc) is 2.19. The maximum Gasteiger partial charge on any atom is 0.342 e. The third-order valence-electron chi connectivity index (χ3n) is 1.86. The molecule has 0 fully saturated rings. The van der Waals surface area contributed by atoms with Gasteiger partial charge in [-0.1, -0.05) is 0 Å². The molecule has 0 radical (unpaired) electrons. The summed E-state index contributed by atoms with van der Waals surface area (Å²) in [5.41, 5.74) is 1.02. The quantitative estimate of drug-likeness (QED) is 0.611. The maximum absolute atomic E-state index is 13.4. The number of nitrogens with zero attached hydrogens (tertiary/aromatic N) is 2. The number of nitro groups is 1. The molecule has 17 heavy (non-hydrogen) atoms. The number of anilines is 1. The first-order chi connectivity index (χ1) is 7.82. The van der Waals surface area contributed by atoms with Crippen molar-refractivity contribution in [1.29, 1.82) is 0 Å². The molecule has 0 aliphatic carbocycles. The first kappa shape index (κ1) is 12.8. The summed E-state index contributed by atoms with van der Waals surface area (Å²) in [5.74, 6) is -2.38. The lowest BCUT2D eigenvalue weighted by molar-refractivity contribution is -0.385. The van der Waals surface area contributed by atoms with E-state index in [0.29, 0.717) is 6.07 Å². The second kappa shape index (κ2) is 4.74. The molecule has 2 N–H and O–H groups in total. The minimum atomic E-state index is -1.49. The van der Waals surface area contributed by atoms with Gasteiger partial charge in [-0.05, 0) is 6.07 Å². The zero-order chi connectivity index (χ0) is 13.2. The Morgan fingerprint density at radius 3 is 2.53 bits per heavy atom. The molecule has 0 saturated carbocycles. The summed E-state index contributed by atoms with van der Waals surface area (Å²) in [5, 5.41) is 20.7. The Kier molecular flexibility index (Phi) is 3.59. The van der Waals surface area contributed by atoms with Crippen LogP contribution in [0.1, 0.15) is 10.4 Å². The Bertz CT molecular complexity index is 476. The maximum atomic E-state index is 13.4. The number of nitro benzene ring substituents is 1. The van der Waals surface area contributed by atoms with Crippen LogP contribution in [0.15, 0.2) is 12.1 Å². The smallest absolute Gasteiger partial charge is 0.342 e. The van der Waals surface area contributed by atoms with Gasteiger partial charge in [-0.15, -0.1) is 0 Å². The zero-order valence-electron chi connectivity index (χ0n) is 9.10. The summed E-state index contributed by atoms with van der Waals surface area (Å²) in [6, 6.07) is 1.46. The van der Waals surface area contributed by atoms with Crippen molar-refractivity contribution in [3.8, 4) is 0 Å². The number of carbonyl (C=O) groups is 1. The number of hydrazine groups is 1. The normalized spacial score (nSPS) is 10.4. The highest BCUT2D eigenvalue weighted by Crippen LogP contribution is 2.26. The van der Waals surface area contributed by atoms with Gasteiger partial charge >= 0.3 is 5.97 Å². The largest absolute Gasteiger partial charge is 0.477 e. The Morgan fingerprint density at radius 2 is 2.12 bits per heavy atom. The molecule has 0 aliphatic rings. The summed E-state index contributed by atoms with van der Waals surface area (Å²) >= 11 is 0. The van der Waals surface area contributed by atoms with Gasteiger partial charge < -0.3 is 10.5 Å². The third-order valence-corrected chi connectivity index (χ3v) is 1.86. The number of halogens is 1. The number of carboxylic acid groups (broad SMARTS) is 1. The highest BCUT2D eigenvalue weighted by molar-refractivity contribution is 5.93. The van der Waals surface area contributed by atoms with Gasteiger partial charge in [0.1, 0.15) is 5.56 Å². The van der Waals surface area contributed by atoms with Crippen molar-refractivity contribution >= 4 is 17.3 Å². The van der Waals surface area contributed by atoms with E-state index in [1.807, 2.05) is 0 Å². The zero-order valence-corrected chi connectivity index (χ0v) is 9.10. The second-order valence-corrected chi connectivity index (χ2v) is 3.42. The molecule has 7 nitrogen and oxygen atoms in total. The van der Waals surface area contributed by atoms with E-state index in [2.05, 4.69) is 5.43 Å². The summed E-state index contributed by atoms with van der Waals surface area (Å²) in [6.45, 7) is 0. The first-order valence-electron chi connectivity index (χ1n) is 4.48. The molecule has 8 heteroatoms. The SMILES string of the molecule is CN(C)Nc1cc(C(=O)O)c([N+](=O)[O-])cc1F. The average molecular weight is 243 g/mol. The molecule has 0 amide bonds. The summed E-state index contributed by atoms with van der Waals surface area (Å²) < 4.78 is 13.4. The highest BCUT2D eigenvalue weighted by Gasteiger charge is 2.23. The van der Waals surface area contributed by atoms with Crippen LogP contribution in [0, 0.1) is 15.9 Å². The molecule has 0 aliphatic heterocycles. The van der Waals surface area contributed by atoms with Gasteiger partial charge in [0.25, 0.3) is 5.69 Å². The summed E-state index contributed by atoms with van der Waals surface area (Å²) in [7, 11) is 3.14. The van der Waals surface area contributed by atoms with Crippen molar-refractivity contribution in [3.05, 3.63) is 33.6 Å². The summed E-state index contributed by atoms with van der Waals surface area (Å²) in [4.78, 5) is 20.4. The molecule has 0 bridgehead atoms. The highest BCUT2D eigenvalue weighted by atomic mass is 19.1. The predicted octanol–water partition coefficient (Wildman–Crippen LogP) is 1.32. The van der Waals surface area contributed by atoms with E-state index < -0.39 is 28.0 Å². The second-order valence-electron chi connectivity index (χ2n) is 3.42. The van der Waals surface area contributed by atoms with E-state index in [0.717, 1.165) is 6.07 Å². The van der Waals surface area contributed by atoms with E-state index in [1.54, 1.807) is 14.1 Å². The van der Waals surface area contributed by atoms with Crippen molar-refractivity contribution in [2.45, 2.75) is 0 Å². The molecule has 1 aromatic carbocycles. The van der Waals surface area contributed by atoms with Crippen LogP contribution in [0.4, 0.5) is 15.8 Å². The third kappa shape index (κ3) is 2.88. The number of rotatable bonds is 4. The molecule has 0 heterocycles. The molecular weight excluding hydrogens is 233 g/mol. The van der Waals surface area contributed by atoms with Crippen LogP contribution in [0.3, 0.4) is 0 Å². The fourth-order valence-electron chi connectivity index (χ4n) is 1.21. The number of hydrogen-bond donors (Lipinski definition) is 2. The fourth-order valence-corrected chi connectivity index (χ4v) is 1.21. The van der Waals surface area contributed by atoms with Gasteiger partial charge in [-0.3, -0.25) is 10.1 Å². The Balaban J connectivity index is 3.34. The Labute approximate surface area is 95.6 Å². The molecule has 0 spiro atoms. The van der Waals surface area contributed by atoms with E-state index in [1.165, 1.54) is 5.01 Å². The van der Waals surface area contributed by atoms with Crippen LogP contribution in [0.5, 0.6) is 0 Å². The predicted molar refractivity (Wildman–Crippen MR) is 57.3 cm³/mol. The molecular formula is C9H10FN3O4. The van der Waals surface area contributed by atoms with Crippen LogP contribution in [0.25, 0.3) is 0 Å². The van der Waals surface area contributed by atoms with Gasteiger partial charge in [0, 0.05) is 14.1 Å². The van der Waals surface area contributed by atoms with Crippen molar-refractivity contribution < 1.29 is 19.2 Å². The van der Waals surface area contributed by atoms with Gasteiger partial charge in [0.15, 0.2) is 5.82 Å². The van der Waals surface area contributed by atoms with Crippen LogP contribution < -0.4 is 5.43 Å². The van der Waals surface area contributed by atoms with Crippen LogP contribution in [-0.4, -0.2) is 35.1 Å². The number of carboxylic acids is 1. The molecule has 1 rings (SSSR count). The van der Waals surface area contributed by atoms with Gasteiger partial charge in [0.05, 0.1) is 16.7 Å². The first-order valence-corrected chi connectivity index (χ1v) is 4.48. The van der Waals surface area contributed by atoms with Crippen molar-refractivity contribution in [2.75, 3.05) is 19.5 Å². The number of hydrogen-bond acceptors (Lipinski definition) is 5. The van der Waals surface area contributed by atoms with Crippen LogP contribution in [0.2, 0.25) is 0 Å². The molecule has 0 atom stereocenters.